The number of hydrogen-bond donors (Lipinski definition) is 1. The van der Waals surface area contributed by atoms with Gasteiger partial charge in [-0.2, -0.15) is 0 Å². The maximum atomic E-state index is 11.9. The van der Waals surface area contributed by atoms with Crippen molar-refractivity contribution in [1.29, 1.82) is 0 Å². The normalized spacial score (nSPS) is 27.6. The average molecular weight is 255 g/mol. The lowest BCUT2D eigenvalue weighted by Gasteiger charge is -2.50. The second-order valence-electron chi connectivity index (χ2n) is 6.92. The topological polar surface area (TPSA) is 49.8 Å². The minimum absolute atomic E-state index is 0.139. The molecule has 1 amide bonds. The quantitative estimate of drug-likeness (QED) is 0.723. The van der Waals surface area contributed by atoms with Gasteiger partial charge in [0.15, 0.2) is 0 Å². The molecule has 1 saturated heterocycles. The molecule has 104 valence electrons. The highest BCUT2D eigenvalue weighted by Gasteiger charge is 2.46. The smallest absolute Gasteiger partial charge is 0.410 e. The maximum Gasteiger partial charge on any atom is 0.410 e. The summed E-state index contributed by atoms with van der Waals surface area (Å²) in [7, 11) is 0. The fourth-order valence-corrected chi connectivity index (χ4v) is 2.99. The molecule has 1 heterocycles. The molecule has 2 fully saturated rings. The lowest BCUT2D eigenvalue weighted by molar-refractivity contribution is -0.0411. The van der Waals surface area contributed by atoms with Gasteiger partial charge in [-0.1, -0.05) is 6.42 Å². The molecular weight excluding hydrogens is 230 g/mol. The van der Waals surface area contributed by atoms with E-state index in [0.29, 0.717) is 0 Å². The Balaban J connectivity index is 1.83. The van der Waals surface area contributed by atoms with E-state index in [-0.39, 0.29) is 17.6 Å². The van der Waals surface area contributed by atoms with E-state index in [1.54, 1.807) is 4.90 Å². The molecule has 18 heavy (non-hydrogen) atoms. The average Bonchev–Trinajstić information content (AvgIpc) is 2.35. The Bertz CT molecular complexity index is 315. The molecule has 0 aromatic carbocycles. The van der Waals surface area contributed by atoms with E-state index >= 15 is 0 Å². The van der Waals surface area contributed by atoms with Crippen molar-refractivity contribution >= 4 is 6.09 Å². The SMILES string of the molecule is CC(C)(C)OC(=O)N1CC2(CCCC(O)CC2)C1. The van der Waals surface area contributed by atoms with Crippen molar-refractivity contribution in [2.75, 3.05) is 13.1 Å². The van der Waals surface area contributed by atoms with E-state index in [9.17, 15) is 9.90 Å². The number of aliphatic hydroxyl groups excluding tert-OH is 1. The van der Waals surface area contributed by atoms with Gasteiger partial charge >= 0.3 is 6.09 Å². The third-order valence-electron chi connectivity index (χ3n) is 3.96. The van der Waals surface area contributed by atoms with Gasteiger partial charge in [-0.3, -0.25) is 0 Å². The fourth-order valence-electron chi connectivity index (χ4n) is 2.99. The van der Waals surface area contributed by atoms with E-state index < -0.39 is 5.60 Å². The standard InChI is InChI=1S/C14H25NO3/c1-13(2,3)18-12(17)15-9-14(10-15)7-4-5-11(16)6-8-14/h11,16H,4-10H2,1-3H3. The number of nitrogens with zero attached hydrogens (tertiary/aromatic N) is 1. The highest BCUT2D eigenvalue weighted by molar-refractivity contribution is 5.69. The van der Waals surface area contributed by atoms with Crippen LogP contribution in [-0.4, -0.2) is 40.9 Å². The lowest BCUT2D eigenvalue weighted by atomic mass is 9.74. The Labute approximate surface area is 109 Å². The van der Waals surface area contributed by atoms with Gasteiger partial charge in [-0.05, 0) is 46.5 Å². The molecule has 1 spiro atoms. The fraction of sp³-hybridized carbons (Fsp3) is 0.929. The summed E-state index contributed by atoms with van der Waals surface area (Å²) >= 11 is 0. The first-order valence-corrected chi connectivity index (χ1v) is 6.96. The van der Waals surface area contributed by atoms with Crippen LogP contribution in [0.5, 0.6) is 0 Å². The molecule has 0 radical (unpaired) electrons. The van der Waals surface area contributed by atoms with E-state index in [4.69, 9.17) is 4.74 Å². The van der Waals surface area contributed by atoms with Crippen LogP contribution in [0.3, 0.4) is 0 Å². The van der Waals surface area contributed by atoms with Crippen molar-refractivity contribution in [2.24, 2.45) is 5.41 Å². The Morgan fingerprint density at radius 2 is 1.94 bits per heavy atom. The van der Waals surface area contributed by atoms with E-state index in [1.807, 2.05) is 20.8 Å². The molecule has 2 aliphatic rings. The second kappa shape index (κ2) is 4.72. The van der Waals surface area contributed by atoms with Crippen molar-refractivity contribution in [2.45, 2.75) is 64.6 Å². The molecule has 1 aliphatic carbocycles. The van der Waals surface area contributed by atoms with Crippen LogP contribution in [0, 0.1) is 5.41 Å². The number of carbonyl (C=O) groups is 1. The molecule has 1 aliphatic heterocycles. The summed E-state index contributed by atoms with van der Waals surface area (Å²) in [5.41, 5.74) is -0.159. The van der Waals surface area contributed by atoms with E-state index in [0.717, 1.165) is 45.2 Å². The van der Waals surface area contributed by atoms with Crippen LogP contribution in [0.15, 0.2) is 0 Å². The monoisotopic (exact) mass is 255 g/mol. The van der Waals surface area contributed by atoms with Crippen molar-refractivity contribution in [1.82, 2.24) is 4.90 Å². The first-order chi connectivity index (χ1) is 8.30. The first-order valence-electron chi connectivity index (χ1n) is 6.96. The van der Waals surface area contributed by atoms with Crippen LogP contribution in [0.4, 0.5) is 4.79 Å². The highest BCUT2D eigenvalue weighted by atomic mass is 16.6. The zero-order valence-corrected chi connectivity index (χ0v) is 11.7. The molecule has 4 nitrogen and oxygen atoms in total. The molecule has 0 bridgehead atoms. The minimum Gasteiger partial charge on any atom is -0.444 e. The highest BCUT2D eigenvalue weighted by Crippen LogP contribution is 2.43. The van der Waals surface area contributed by atoms with Gasteiger partial charge < -0.3 is 14.7 Å². The number of amides is 1. The van der Waals surface area contributed by atoms with Crippen molar-refractivity contribution in [3.63, 3.8) is 0 Å². The molecule has 1 N–H and O–H groups in total. The van der Waals surface area contributed by atoms with Crippen molar-refractivity contribution in [3.8, 4) is 0 Å². The summed E-state index contributed by atoms with van der Waals surface area (Å²) in [5, 5.41) is 9.66. The van der Waals surface area contributed by atoms with Gasteiger partial charge in [0, 0.05) is 18.5 Å². The second-order valence-corrected chi connectivity index (χ2v) is 6.92. The van der Waals surface area contributed by atoms with Crippen LogP contribution in [0.2, 0.25) is 0 Å². The number of carbonyl (C=O) groups excluding carboxylic acids is 1. The van der Waals surface area contributed by atoms with Crippen molar-refractivity contribution < 1.29 is 14.6 Å². The number of aliphatic hydroxyl groups is 1. The largest absolute Gasteiger partial charge is 0.444 e. The number of rotatable bonds is 0. The third kappa shape index (κ3) is 3.16. The van der Waals surface area contributed by atoms with Gasteiger partial charge in [0.05, 0.1) is 6.10 Å². The van der Waals surface area contributed by atoms with Crippen LogP contribution < -0.4 is 0 Å². The Kier molecular flexibility index (Phi) is 3.58. The van der Waals surface area contributed by atoms with Gasteiger partial charge in [-0.25, -0.2) is 4.79 Å². The Morgan fingerprint density at radius 1 is 1.28 bits per heavy atom. The predicted octanol–water partition coefficient (Wildman–Crippen LogP) is 2.55. The zero-order valence-electron chi connectivity index (χ0n) is 11.7. The molecular formula is C14H25NO3. The van der Waals surface area contributed by atoms with Gasteiger partial charge in [0.25, 0.3) is 0 Å². The van der Waals surface area contributed by atoms with E-state index in [1.165, 1.54) is 0 Å². The van der Waals surface area contributed by atoms with Crippen LogP contribution >= 0.6 is 0 Å². The Morgan fingerprint density at radius 3 is 2.56 bits per heavy atom. The minimum atomic E-state index is -0.417. The number of ether oxygens (including phenoxy) is 1. The van der Waals surface area contributed by atoms with Crippen LogP contribution in [0.25, 0.3) is 0 Å². The maximum absolute atomic E-state index is 11.9. The molecule has 4 heteroatoms. The van der Waals surface area contributed by atoms with E-state index in [2.05, 4.69) is 0 Å². The molecule has 1 saturated carbocycles. The Hall–Kier alpha value is -0.770. The van der Waals surface area contributed by atoms with Crippen LogP contribution in [0.1, 0.15) is 52.9 Å². The number of hydrogen-bond acceptors (Lipinski definition) is 3. The number of likely N-dealkylation sites (tertiary alicyclic amines) is 1. The van der Waals surface area contributed by atoms with Gasteiger partial charge in [0.1, 0.15) is 5.60 Å². The summed E-state index contributed by atoms with van der Waals surface area (Å²) in [6.45, 7) is 7.27. The van der Waals surface area contributed by atoms with Crippen molar-refractivity contribution in [3.05, 3.63) is 0 Å². The molecule has 2 rings (SSSR count). The molecule has 1 unspecified atom stereocenters. The van der Waals surface area contributed by atoms with Gasteiger partial charge in [0.2, 0.25) is 0 Å². The first kappa shape index (κ1) is 13.7. The van der Waals surface area contributed by atoms with Gasteiger partial charge in [-0.15, -0.1) is 0 Å². The molecule has 1 atom stereocenters. The third-order valence-corrected chi connectivity index (χ3v) is 3.96. The van der Waals surface area contributed by atoms with Crippen LogP contribution in [-0.2, 0) is 4.74 Å². The molecule has 0 aromatic rings. The summed E-state index contributed by atoms with van der Waals surface area (Å²) in [5.74, 6) is 0. The molecule has 0 aromatic heterocycles. The summed E-state index contributed by atoms with van der Waals surface area (Å²) < 4.78 is 5.37. The lowest BCUT2D eigenvalue weighted by Crippen LogP contribution is -2.59. The predicted molar refractivity (Wildman–Crippen MR) is 69.3 cm³/mol. The summed E-state index contributed by atoms with van der Waals surface area (Å²) in [4.78, 5) is 13.7. The summed E-state index contributed by atoms with van der Waals surface area (Å²) in [6, 6.07) is 0. The zero-order chi connectivity index (χ0) is 13.4. The summed E-state index contributed by atoms with van der Waals surface area (Å²) in [6.07, 6.45) is 4.69.